The molecule has 19 heavy (non-hydrogen) atoms. The van der Waals surface area contributed by atoms with Crippen LogP contribution in [0.25, 0.3) is 20.0 Å². The van der Waals surface area contributed by atoms with Crippen molar-refractivity contribution in [3.8, 4) is 6.07 Å². The Morgan fingerprint density at radius 3 is 2.89 bits per heavy atom. The van der Waals surface area contributed by atoms with E-state index in [0.717, 1.165) is 10.4 Å². The summed E-state index contributed by atoms with van der Waals surface area (Å²) in [6, 6.07) is 9.90. The average Bonchev–Trinajstić information content (AvgIpc) is 3.01. The van der Waals surface area contributed by atoms with E-state index in [0.29, 0.717) is 10.6 Å². The molecule has 0 unspecified atom stereocenters. The molecular weight excluding hydrogens is 296 g/mol. The predicted molar refractivity (Wildman–Crippen MR) is 82.2 cm³/mol. The first-order valence-electron chi connectivity index (χ1n) is 5.47. The Kier molecular flexibility index (Phi) is 3.34. The maximum atomic E-state index is 9.32. The summed E-state index contributed by atoms with van der Waals surface area (Å²) in [5.74, 6) is 0. The van der Waals surface area contributed by atoms with E-state index in [1.165, 1.54) is 9.40 Å². The molecule has 0 aliphatic heterocycles. The topological polar surface area (TPSA) is 36.7 Å². The average molecular weight is 303 g/mol. The maximum Gasteiger partial charge on any atom is 0.101 e. The van der Waals surface area contributed by atoms with E-state index in [1.54, 1.807) is 41.1 Å². The molecule has 0 bridgehead atoms. The standard InChI is InChI=1S/C14H7ClN2S2/c15-14(10(7-16)9-2-1-4-17-8-9)13-6-12-11(19-13)3-5-18-12/h1-6,8H/b14-10-. The van der Waals surface area contributed by atoms with Gasteiger partial charge in [0.25, 0.3) is 0 Å². The van der Waals surface area contributed by atoms with Gasteiger partial charge in [0.05, 0.1) is 10.6 Å². The molecule has 3 rings (SSSR count). The number of nitriles is 1. The normalized spacial score (nSPS) is 12.2. The number of nitrogens with zero attached hydrogens (tertiary/aromatic N) is 2. The summed E-state index contributed by atoms with van der Waals surface area (Å²) in [7, 11) is 0. The van der Waals surface area contributed by atoms with Gasteiger partial charge in [-0.25, -0.2) is 0 Å². The Bertz CT molecular complexity index is 765. The molecule has 0 fully saturated rings. The number of fused-ring (bicyclic) bond motifs is 1. The van der Waals surface area contributed by atoms with Gasteiger partial charge in [-0.05, 0) is 23.6 Å². The SMILES string of the molecule is N#C/C(=C(/Cl)c1cc2sccc2s1)c1cccnc1. The van der Waals surface area contributed by atoms with Gasteiger partial charge in [0, 0.05) is 32.2 Å². The number of rotatable bonds is 2. The van der Waals surface area contributed by atoms with Crippen LogP contribution in [-0.4, -0.2) is 4.98 Å². The molecular formula is C14H7ClN2S2. The first-order chi connectivity index (χ1) is 9.29. The third kappa shape index (κ3) is 2.28. The van der Waals surface area contributed by atoms with Crippen LogP contribution in [0, 0.1) is 11.3 Å². The van der Waals surface area contributed by atoms with Crippen LogP contribution >= 0.6 is 34.3 Å². The summed E-state index contributed by atoms with van der Waals surface area (Å²) in [5, 5.41) is 11.9. The number of thiophene rings is 2. The second-order valence-electron chi connectivity index (χ2n) is 3.80. The molecule has 92 valence electrons. The zero-order valence-corrected chi connectivity index (χ0v) is 12.0. The number of hydrogen-bond donors (Lipinski definition) is 0. The molecule has 0 aromatic carbocycles. The van der Waals surface area contributed by atoms with Crippen LogP contribution in [0.5, 0.6) is 0 Å². The number of aromatic nitrogens is 1. The van der Waals surface area contributed by atoms with Crippen LogP contribution in [0.15, 0.2) is 42.0 Å². The lowest BCUT2D eigenvalue weighted by molar-refractivity contribution is 1.31. The fourth-order valence-corrected chi connectivity index (χ4v) is 4.12. The first kappa shape index (κ1) is 12.4. The maximum absolute atomic E-state index is 9.32. The van der Waals surface area contributed by atoms with E-state index < -0.39 is 0 Å². The lowest BCUT2D eigenvalue weighted by atomic mass is 10.1. The Hall–Kier alpha value is -1.67. The third-order valence-corrected chi connectivity index (χ3v) is 5.25. The molecule has 0 atom stereocenters. The lowest BCUT2D eigenvalue weighted by Gasteiger charge is -2.01. The highest BCUT2D eigenvalue weighted by atomic mass is 35.5. The summed E-state index contributed by atoms with van der Waals surface area (Å²) in [4.78, 5) is 4.94. The van der Waals surface area contributed by atoms with Gasteiger partial charge >= 0.3 is 0 Å². The molecule has 3 aromatic heterocycles. The zero-order valence-electron chi connectivity index (χ0n) is 9.63. The van der Waals surface area contributed by atoms with Crippen molar-refractivity contribution in [1.82, 2.24) is 4.98 Å². The monoisotopic (exact) mass is 302 g/mol. The van der Waals surface area contributed by atoms with Crippen LogP contribution in [0.3, 0.4) is 0 Å². The largest absolute Gasteiger partial charge is 0.264 e. The summed E-state index contributed by atoms with van der Waals surface area (Å²) >= 11 is 9.65. The van der Waals surface area contributed by atoms with E-state index >= 15 is 0 Å². The Balaban J connectivity index is 2.14. The van der Waals surface area contributed by atoms with Gasteiger partial charge in [0.15, 0.2) is 0 Å². The summed E-state index contributed by atoms with van der Waals surface area (Å²) in [6.07, 6.45) is 3.32. The van der Waals surface area contributed by atoms with Crippen molar-refractivity contribution in [1.29, 1.82) is 5.26 Å². The van der Waals surface area contributed by atoms with Crippen molar-refractivity contribution in [2.45, 2.75) is 0 Å². The third-order valence-electron chi connectivity index (χ3n) is 2.64. The van der Waals surface area contributed by atoms with Gasteiger partial charge in [-0.2, -0.15) is 5.26 Å². The van der Waals surface area contributed by atoms with Crippen molar-refractivity contribution in [2.24, 2.45) is 0 Å². The molecule has 5 heteroatoms. The van der Waals surface area contributed by atoms with Crippen LogP contribution in [0.2, 0.25) is 0 Å². The molecule has 2 nitrogen and oxygen atoms in total. The number of halogens is 1. The van der Waals surface area contributed by atoms with Gasteiger partial charge in [-0.3, -0.25) is 4.98 Å². The van der Waals surface area contributed by atoms with Gasteiger partial charge in [-0.15, -0.1) is 22.7 Å². The molecule has 0 N–H and O–H groups in total. The molecule has 0 spiro atoms. The molecule has 0 aliphatic carbocycles. The smallest absolute Gasteiger partial charge is 0.101 e. The van der Waals surface area contributed by atoms with Crippen molar-refractivity contribution in [3.63, 3.8) is 0 Å². The number of pyridine rings is 1. The van der Waals surface area contributed by atoms with Gasteiger partial charge in [0.1, 0.15) is 6.07 Å². The predicted octanol–water partition coefficient (Wildman–Crippen LogP) is 4.99. The second kappa shape index (κ2) is 5.14. The van der Waals surface area contributed by atoms with Crippen LogP contribution < -0.4 is 0 Å². The molecule has 3 heterocycles. The highest BCUT2D eigenvalue weighted by Gasteiger charge is 2.12. The summed E-state index contributed by atoms with van der Waals surface area (Å²) in [6.45, 7) is 0. The second-order valence-corrected chi connectivity index (χ2v) is 6.21. The van der Waals surface area contributed by atoms with E-state index in [4.69, 9.17) is 11.6 Å². The quantitative estimate of drug-likeness (QED) is 0.625. The number of hydrogen-bond acceptors (Lipinski definition) is 4. The number of allylic oxidation sites excluding steroid dienone is 1. The summed E-state index contributed by atoms with van der Waals surface area (Å²) < 4.78 is 2.39. The molecule has 0 saturated heterocycles. The molecule has 3 aromatic rings. The fourth-order valence-electron chi connectivity index (χ4n) is 1.75. The minimum Gasteiger partial charge on any atom is -0.264 e. The molecule has 0 radical (unpaired) electrons. The highest BCUT2D eigenvalue weighted by molar-refractivity contribution is 7.27. The van der Waals surface area contributed by atoms with Crippen molar-refractivity contribution in [2.75, 3.05) is 0 Å². The molecule has 0 saturated carbocycles. The van der Waals surface area contributed by atoms with E-state index in [-0.39, 0.29) is 0 Å². The van der Waals surface area contributed by atoms with Gasteiger partial charge < -0.3 is 0 Å². The Labute approximate surface area is 123 Å². The minimum atomic E-state index is 0.462. The van der Waals surface area contributed by atoms with Crippen molar-refractivity contribution < 1.29 is 0 Å². The van der Waals surface area contributed by atoms with E-state index in [1.807, 2.05) is 12.1 Å². The highest BCUT2D eigenvalue weighted by Crippen LogP contribution is 2.38. The van der Waals surface area contributed by atoms with Crippen LogP contribution in [0.1, 0.15) is 10.4 Å². The zero-order chi connectivity index (χ0) is 13.2. The first-order valence-corrected chi connectivity index (χ1v) is 7.54. The minimum absolute atomic E-state index is 0.462. The molecule has 0 amide bonds. The fraction of sp³-hybridized carbons (Fsp3) is 0. The van der Waals surface area contributed by atoms with Gasteiger partial charge in [0.2, 0.25) is 0 Å². The van der Waals surface area contributed by atoms with Crippen LogP contribution in [-0.2, 0) is 0 Å². The Morgan fingerprint density at radius 1 is 1.32 bits per heavy atom. The summed E-state index contributed by atoms with van der Waals surface area (Å²) in [5.41, 5.74) is 1.20. The van der Waals surface area contributed by atoms with Crippen molar-refractivity contribution in [3.05, 3.63) is 52.5 Å². The molecule has 0 aliphatic rings. The van der Waals surface area contributed by atoms with Gasteiger partial charge in [-0.1, -0.05) is 17.7 Å². The van der Waals surface area contributed by atoms with E-state index in [2.05, 4.69) is 22.5 Å². The van der Waals surface area contributed by atoms with Crippen molar-refractivity contribution >= 4 is 54.3 Å². The lowest BCUT2D eigenvalue weighted by Crippen LogP contribution is -1.85. The Morgan fingerprint density at radius 2 is 2.21 bits per heavy atom. The van der Waals surface area contributed by atoms with E-state index in [9.17, 15) is 5.26 Å². The van der Waals surface area contributed by atoms with Crippen LogP contribution in [0.4, 0.5) is 0 Å².